The van der Waals surface area contributed by atoms with Crippen LogP contribution in [0, 0.1) is 10.1 Å². The molecular formula is C18H17N5O4S2. The maximum Gasteiger partial charge on any atom is 0.273 e. The number of thioether (sulfide) groups is 1. The van der Waals surface area contributed by atoms with E-state index in [1.807, 2.05) is 18.2 Å². The molecule has 0 saturated heterocycles. The molecule has 0 radical (unpaired) electrons. The Labute approximate surface area is 174 Å². The first-order chi connectivity index (χ1) is 14.0. The number of non-ortho nitro benzene ring substituents is 1. The molecule has 0 aliphatic rings. The molecule has 1 aromatic heterocycles. The fourth-order valence-corrected chi connectivity index (χ4v) is 3.96. The van der Waals surface area contributed by atoms with E-state index >= 15 is 0 Å². The van der Waals surface area contributed by atoms with Crippen LogP contribution in [0.15, 0.2) is 52.9 Å². The number of ether oxygens (including phenoxy) is 1. The Hall–Kier alpha value is -3.18. The molecule has 0 atom stereocenters. The summed E-state index contributed by atoms with van der Waals surface area (Å²) in [7, 11) is 0. The number of hydrogen-bond donors (Lipinski definition) is 2. The quantitative estimate of drug-likeness (QED) is 0.222. The molecule has 0 bridgehead atoms. The Balaban J connectivity index is 1.47. The molecule has 0 spiro atoms. The van der Waals surface area contributed by atoms with Crippen molar-refractivity contribution in [3.8, 4) is 5.75 Å². The van der Waals surface area contributed by atoms with Gasteiger partial charge in [0.15, 0.2) is 4.34 Å². The second-order valence-electron chi connectivity index (χ2n) is 5.71. The van der Waals surface area contributed by atoms with Crippen molar-refractivity contribution in [1.82, 2.24) is 10.2 Å². The normalized spacial score (nSPS) is 10.4. The molecule has 29 heavy (non-hydrogen) atoms. The number of hydrogen-bond acceptors (Lipinski definition) is 9. The summed E-state index contributed by atoms with van der Waals surface area (Å²) in [5, 5.41) is 25.5. The van der Waals surface area contributed by atoms with Crippen molar-refractivity contribution >= 4 is 51.2 Å². The van der Waals surface area contributed by atoms with Crippen LogP contribution >= 0.6 is 23.1 Å². The summed E-state index contributed by atoms with van der Waals surface area (Å²) in [4.78, 5) is 21.5. The van der Waals surface area contributed by atoms with E-state index in [1.54, 1.807) is 18.2 Å². The van der Waals surface area contributed by atoms with Crippen molar-refractivity contribution in [3.63, 3.8) is 0 Å². The van der Waals surface area contributed by atoms with Crippen molar-refractivity contribution in [2.75, 3.05) is 23.0 Å². The van der Waals surface area contributed by atoms with Gasteiger partial charge in [-0.05, 0) is 24.3 Å². The lowest BCUT2D eigenvalue weighted by Crippen LogP contribution is -2.05. The van der Waals surface area contributed by atoms with Crippen LogP contribution in [-0.4, -0.2) is 33.4 Å². The minimum absolute atomic E-state index is 0.00225. The van der Waals surface area contributed by atoms with Crippen molar-refractivity contribution in [3.05, 3.63) is 58.6 Å². The SMILES string of the molecule is CC(=O)Nc1cccc(Nc2nnc(SCCOc3cccc([N+](=O)[O-])c3)s2)c1. The Morgan fingerprint density at radius 3 is 2.79 bits per heavy atom. The third kappa shape index (κ3) is 6.43. The average Bonchev–Trinajstić information content (AvgIpc) is 3.12. The number of anilines is 3. The van der Waals surface area contributed by atoms with Crippen LogP contribution < -0.4 is 15.4 Å². The van der Waals surface area contributed by atoms with Gasteiger partial charge in [0.1, 0.15) is 5.75 Å². The summed E-state index contributed by atoms with van der Waals surface area (Å²) in [6.45, 7) is 1.84. The molecule has 0 fully saturated rings. The molecule has 0 saturated carbocycles. The first-order valence-electron chi connectivity index (χ1n) is 8.48. The number of amides is 1. The van der Waals surface area contributed by atoms with Gasteiger partial charge < -0.3 is 15.4 Å². The minimum atomic E-state index is -0.455. The first kappa shape index (κ1) is 20.6. The van der Waals surface area contributed by atoms with Crippen molar-refractivity contribution in [2.24, 2.45) is 0 Å². The lowest BCUT2D eigenvalue weighted by molar-refractivity contribution is -0.384. The molecule has 0 aliphatic carbocycles. The van der Waals surface area contributed by atoms with E-state index in [9.17, 15) is 14.9 Å². The highest BCUT2D eigenvalue weighted by Gasteiger charge is 2.08. The summed E-state index contributed by atoms with van der Waals surface area (Å²) in [6, 6.07) is 13.4. The van der Waals surface area contributed by atoms with Crippen LogP contribution in [0.3, 0.4) is 0 Å². The highest BCUT2D eigenvalue weighted by Crippen LogP contribution is 2.28. The predicted molar refractivity (Wildman–Crippen MR) is 113 cm³/mol. The standard InChI is InChI=1S/C18H17N5O4S2/c1-12(24)19-13-4-2-5-14(10-13)20-17-21-22-18(29-17)28-9-8-27-16-7-3-6-15(11-16)23(25)26/h2-7,10-11H,8-9H2,1H3,(H,19,24)(H,20,21). The smallest absolute Gasteiger partial charge is 0.273 e. The van der Waals surface area contributed by atoms with Gasteiger partial charge in [-0.2, -0.15) is 0 Å². The number of nitrogens with one attached hydrogen (secondary N) is 2. The number of aromatic nitrogens is 2. The molecule has 2 N–H and O–H groups in total. The summed E-state index contributed by atoms with van der Waals surface area (Å²) < 4.78 is 6.32. The number of carbonyl (C=O) groups excluding carboxylic acids is 1. The van der Waals surface area contributed by atoms with Gasteiger partial charge in [0.2, 0.25) is 11.0 Å². The van der Waals surface area contributed by atoms with E-state index in [2.05, 4.69) is 20.8 Å². The molecule has 0 aliphatic heterocycles. The second-order valence-corrected chi connectivity index (χ2v) is 8.03. The van der Waals surface area contributed by atoms with E-state index in [-0.39, 0.29) is 11.6 Å². The molecule has 2 aromatic carbocycles. The Morgan fingerprint density at radius 2 is 2.00 bits per heavy atom. The maximum atomic E-state index is 11.2. The molecule has 3 aromatic rings. The van der Waals surface area contributed by atoms with Crippen LogP contribution in [-0.2, 0) is 4.79 Å². The summed E-state index contributed by atoms with van der Waals surface area (Å²) in [5.41, 5.74) is 1.48. The maximum absolute atomic E-state index is 11.2. The molecule has 11 heteroatoms. The van der Waals surface area contributed by atoms with Crippen LogP contribution in [0.5, 0.6) is 5.75 Å². The highest BCUT2D eigenvalue weighted by atomic mass is 32.2. The summed E-state index contributed by atoms with van der Waals surface area (Å²) in [6.07, 6.45) is 0. The topological polar surface area (TPSA) is 119 Å². The minimum Gasteiger partial charge on any atom is -0.492 e. The summed E-state index contributed by atoms with van der Waals surface area (Å²) in [5.74, 6) is 0.942. The van der Waals surface area contributed by atoms with Crippen molar-refractivity contribution in [1.29, 1.82) is 0 Å². The Kier molecular flexibility index (Phi) is 6.98. The highest BCUT2D eigenvalue weighted by molar-refractivity contribution is 8.01. The zero-order valence-electron chi connectivity index (χ0n) is 15.3. The van der Waals surface area contributed by atoms with Gasteiger partial charge in [0.05, 0.1) is 17.6 Å². The van der Waals surface area contributed by atoms with Gasteiger partial charge in [-0.25, -0.2) is 0 Å². The monoisotopic (exact) mass is 431 g/mol. The van der Waals surface area contributed by atoms with Crippen LogP contribution in [0.2, 0.25) is 0 Å². The lowest BCUT2D eigenvalue weighted by Gasteiger charge is -2.05. The largest absolute Gasteiger partial charge is 0.492 e. The summed E-state index contributed by atoms with van der Waals surface area (Å²) >= 11 is 2.88. The van der Waals surface area contributed by atoms with Crippen LogP contribution in [0.25, 0.3) is 0 Å². The van der Waals surface area contributed by atoms with E-state index in [4.69, 9.17) is 4.74 Å². The molecular weight excluding hydrogens is 414 g/mol. The van der Waals surface area contributed by atoms with Gasteiger partial charge in [-0.1, -0.05) is 35.2 Å². The lowest BCUT2D eigenvalue weighted by atomic mass is 10.3. The third-order valence-corrected chi connectivity index (χ3v) is 5.38. The van der Waals surface area contributed by atoms with Crippen LogP contribution in [0.1, 0.15) is 6.92 Å². The number of nitro benzene ring substituents is 1. The fraction of sp³-hybridized carbons (Fsp3) is 0.167. The molecule has 1 heterocycles. The number of carbonyl (C=O) groups is 1. The van der Waals surface area contributed by atoms with Gasteiger partial charge >= 0.3 is 0 Å². The molecule has 9 nitrogen and oxygen atoms in total. The first-order valence-corrected chi connectivity index (χ1v) is 10.3. The van der Waals surface area contributed by atoms with E-state index in [0.717, 1.165) is 10.0 Å². The second kappa shape index (κ2) is 9.85. The number of nitrogens with zero attached hydrogens (tertiary/aromatic N) is 3. The van der Waals surface area contributed by atoms with Gasteiger partial charge in [0.25, 0.3) is 5.69 Å². The fourth-order valence-electron chi connectivity index (χ4n) is 2.30. The number of rotatable bonds is 9. The molecule has 1 amide bonds. The molecule has 150 valence electrons. The van der Waals surface area contributed by atoms with Gasteiger partial charge in [-0.3, -0.25) is 14.9 Å². The Bertz CT molecular complexity index is 1010. The van der Waals surface area contributed by atoms with Gasteiger partial charge in [-0.15, -0.1) is 10.2 Å². The van der Waals surface area contributed by atoms with E-state index < -0.39 is 4.92 Å². The van der Waals surface area contributed by atoms with Crippen molar-refractivity contribution in [2.45, 2.75) is 11.3 Å². The average molecular weight is 431 g/mol. The third-order valence-electron chi connectivity index (χ3n) is 3.45. The van der Waals surface area contributed by atoms with E-state index in [0.29, 0.717) is 28.9 Å². The van der Waals surface area contributed by atoms with Crippen LogP contribution in [0.4, 0.5) is 22.2 Å². The Morgan fingerprint density at radius 1 is 1.21 bits per heavy atom. The van der Waals surface area contributed by atoms with E-state index in [1.165, 1.54) is 42.2 Å². The van der Waals surface area contributed by atoms with Crippen molar-refractivity contribution < 1.29 is 14.5 Å². The predicted octanol–water partition coefficient (Wildman–Crippen LogP) is 4.32. The zero-order valence-corrected chi connectivity index (χ0v) is 17.0. The number of benzene rings is 2. The zero-order chi connectivity index (χ0) is 20.6. The number of nitro groups is 1. The molecule has 3 rings (SSSR count). The van der Waals surface area contributed by atoms with Gasteiger partial charge in [0, 0.05) is 30.1 Å². The molecule has 0 unspecified atom stereocenters.